The highest BCUT2D eigenvalue weighted by molar-refractivity contribution is 7.19. The lowest BCUT2D eigenvalue weighted by Gasteiger charge is -2.36. The van der Waals surface area contributed by atoms with Gasteiger partial charge in [0.05, 0.1) is 11.9 Å². The summed E-state index contributed by atoms with van der Waals surface area (Å²) in [7, 11) is 0. The smallest absolute Gasteiger partial charge is 0.260 e. The van der Waals surface area contributed by atoms with E-state index in [1.165, 1.54) is 24.8 Å². The molecule has 0 spiro atoms. The lowest BCUT2D eigenvalue weighted by atomic mass is 9.88. The van der Waals surface area contributed by atoms with Crippen molar-refractivity contribution in [3.63, 3.8) is 0 Å². The van der Waals surface area contributed by atoms with E-state index in [0.717, 1.165) is 59.9 Å². The molecule has 1 aliphatic carbocycles. The number of carbonyl (C=O) groups excluding carboxylic acids is 1. The number of benzene rings is 1. The van der Waals surface area contributed by atoms with Crippen molar-refractivity contribution in [1.29, 1.82) is 0 Å². The SMILES string of the molecule is Cc1ccc(-c2c(C)sc3nc(CN4CCN(C(=O)C5CCCCC5)CC4)[nH]c(=O)c23)cc1. The second kappa shape index (κ2) is 9.39. The third-order valence-corrected chi connectivity index (χ3v) is 8.14. The van der Waals surface area contributed by atoms with Crippen molar-refractivity contribution in [3.05, 3.63) is 50.9 Å². The first-order valence-electron chi connectivity index (χ1n) is 12.1. The van der Waals surface area contributed by atoms with Crippen LogP contribution in [0.25, 0.3) is 21.3 Å². The Kier molecular flexibility index (Phi) is 6.34. The van der Waals surface area contributed by atoms with E-state index in [1.54, 1.807) is 11.3 Å². The molecular formula is C26H32N4O2S. The molecule has 1 N–H and O–H groups in total. The molecule has 2 aromatic heterocycles. The molecule has 3 heterocycles. The number of aromatic amines is 1. The molecule has 7 heteroatoms. The summed E-state index contributed by atoms with van der Waals surface area (Å²) in [4.78, 5) is 40.0. The molecular weight excluding hydrogens is 432 g/mol. The van der Waals surface area contributed by atoms with Crippen molar-refractivity contribution < 1.29 is 4.79 Å². The molecule has 0 bridgehead atoms. The van der Waals surface area contributed by atoms with Gasteiger partial charge in [-0.15, -0.1) is 11.3 Å². The van der Waals surface area contributed by atoms with E-state index in [9.17, 15) is 9.59 Å². The summed E-state index contributed by atoms with van der Waals surface area (Å²) in [5.74, 6) is 1.28. The molecule has 33 heavy (non-hydrogen) atoms. The summed E-state index contributed by atoms with van der Waals surface area (Å²) in [6.45, 7) is 7.89. The molecule has 5 rings (SSSR count). The maximum Gasteiger partial charge on any atom is 0.260 e. The zero-order chi connectivity index (χ0) is 22.9. The molecule has 2 aliphatic rings. The molecule has 3 aromatic rings. The largest absolute Gasteiger partial charge is 0.340 e. The lowest BCUT2D eigenvalue weighted by Crippen LogP contribution is -2.50. The third-order valence-electron chi connectivity index (χ3n) is 7.14. The zero-order valence-electron chi connectivity index (χ0n) is 19.5. The highest BCUT2D eigenvalue weighted by Gasteiger charge is 2.28. The van der Waals surface area contributed by atoms with E-state index in [0.29, 0.717) is 23.7 Å². The standard InChI is InChI=1S/C26H32N4O2S/c1-17-8-10-19(11-9-17)22-18(2)33-25-23(22)24(31)27-21(28-25)16-29-12-14-30(15-13-29)26(32)20-6-4-3-5-7-20/h8-11,20H,3-7,12-16H2,1-2H3,(H,27,28,31). The number of hydrogen-bond donors (Lipinski definition) is 1. The van der Waals surface area contributed by atoms with Crippen LogP contribution in [0.15, 0.2) is 29.1 Å². The Morgan fingerprint density at radius 1 is 1.06 bits per heavy atom. The van der Waals surface area contributed by atoms with Crippen LogP contribution in [0.3, 0.4) is 0 Å². The van der Waals surface area contributed by atoms with E-state index in [2.05, 4.69) is 48.0 Å². The van der Waals surface area contributed by atoms with Gasteiger partial charge in [0.2, 0.25) is 5.91 Å². The third kappa shape index (κ3) is 4.62. The van der Waals surface area contributed by atoms with Gasteiger partial charge in [0, 0.05) is 42.5 Å². The number of nitrogens with zero attached hydrogens (tertiary/aromatic N) is 3. The van der Waals surface area contributed by atoms with Crippen LogP contribution in [0.1, 0.15) is 48.4 Å². The summed E-state index contributed by atoms with van der Waals surface area (Å²) < 4.78 is 0. The second-order valence-corrected chi connectivity index (χ2v) is 10.7. The van der Waals surface area contributed by atoms with Crippen molar-refractivity contribution >= 4 is 27.5 Å². The van der Waals surface area contributed by atoms with Crippen LogP contribution in [-0.2, 0) is 11.3 Å². The van der Waals surface area contributed by atoms with Gasteiger partial charge < -0.3 is 9.88 Å². The van der Waals surface area contributed by atoms with Crippen molar-refractivity contribution in [2.75, 3.05) is 26.2 Å². The topological polar surface area (TPSA) is 69.3 Å². The number of rotatable bonds is 4. The zero-order valence-corrected chi connectivity index (χ0v) is 20.3. The highest BCUT2D eigenvalue weighted by Crippen LogP contribution is 2.35. The van der Waals surface area contributed by atoms with E-state index in [1.807, 2.05) is 4.90 Å². The van der Waals surface area contributed by atoms with Gasteiger partial charge in [-0.1, -0.05) is 49.1 Å². The molecule has 1 aliphatic heterocycles. The number of aryl methyl sites for hydroxylation is 2. The Labute approximate surface area is 198 Å². The van der Waals surface area contributed by atoms with Gasteiger partial charge in [0.1, 0.15) is 10.7 Å². The first-order chi connectivity index (χ1) is 16.0. The van der Waals surface area contributed by atoms with Crippen LogP contribution >= 0.6 is 11.3 Å². The van der Waals surface area contributed by atoms with Gasteiger partial charge in [-0.3, -0.25) is 14.5 Å². The molecule has 2 fully saturated rings. The Morgan fingerprint density at radius 3 is 2.45 bits per heavy atom. The number of piperazine rings is 1. The predicted octanol–water partition coefficient (Wildman–Crippen LogP) is 4.49. The molecule has 0 radical (unpaired) electrons. The number of carbonyl (C=O) groups is 1. The van der Waals surface area contributed by atoms with Crippen LogP contribution in [0.5, 0.6) is 0 Å². The van der Waals surface area contributed by atoms with Crippen LogP contribution in [0.4, 0.5) is 0 Å². The first kappa shape index (κ1) is 22.3. The molecule has 1 saturated carbocycles. The van der Waals surface area contributed by atoms with Crippen molar-refractivity contribution in [2.24, 2.45) is 5.92 Å². The van der Waals surface area contributed by atoms with E-state index >= 15 is 0 Å². The minimum atomic E-state index is -0.0685. The Balaban J connectivity index is 1.29. The summed E-state index contributed by atoms with van der Waals surface area (Å²) in [6.07, 6.45) is 5.74. The van der Waals surface area contributed by atoms with Crippen molar-refractivity contribution in [2.45, 2.75) is 52.5 Å². The normalized spacial score (nSPS) is 18.2. The van der Waals surface area contributed by atoms with Crippen LogP contribution in [0.2, 0.25) is 0 Å². The average Bonchev–Trinajstić information content (AvgIpc) is 3.16. The number of nitrogens with one attached hydrogen (secondary N) is 1. The van der Waals surface area contributed by atoms with Crippen molar-refractivity contribution in [3.8, 4) is 11.1 Å². The maximum absolute atomic E-state index is 13.1. The molecule has 174 valence electrons. The van der Waals surface area contributed by atoms with Gasteiger partial charge >= 0.3 is 0 Å². The molecule has 0 atom stereocenters. The second-order valence-electron chi connectivity index (χ2n) is 9.53. The van der Waals surface area contributed by atoms with Gasteiger partial charge in [-0.25, -0.2) is 4.98 Å². The predicted molar refractivity (Wildman–Crippen MR) is 134 cm³/mol. The Bertz CT molecular complexity index is 1200. The highest BCUT2D eigenvalue weighted by atomic mass is 32.1. The minimum Gasteiger partial charge on any atom is -0.340 e. The number of amides is 1. The van der Waals surface area contributed by atoms with Gasteiger partial charge in [0.25, 0.3) is 5.56 Å². The van der Waals surface area contributed by atoms with E-state index in [4.69, 9.17) is 4.98 Å². The van der Waals surface area contributed by atoms with Crippen LogP contribution < -0.4 is 5.56 Å². The number of fused-ring (bicyclic) bond motifs is 1. The summed E-state index contributed by atoms with van der Waals surface area (Å²) >= 11 is 1.59. The quantitative estimate of drug-likeness (QED) is 0.618. The number of hydrogen-bond acceptors (Lipinski definition) is 5. The van der Waals surface area contributed by atoms with Crippen molar-refractivity contribution in [1.82, 2.24) is 19.8 Å². The van der Waals surface area contributed by atoms with E-state index in [-0.39, 0.29) is 11.5 Å². The summed E-state index contributed by atoms with van der Waals surface area (Å²) in [6, 6.07) is 8.30. The number of H-pyrrole nitrogens is 1. The summed E-state index contributed by atoms with van der Waals surface area (Å²) in [5, 5.41) is 0.688. The monoisotopic (exact) mass is 464 g/mol. The number of thiophene rings is 1. The fourth-order valence-corrected chi connectivity index (χ4v) is 6.32. The molecule has 6 nitrogen and oxygen atoms in total. The molecule has 1 saturated heterocycles. The van der Waals surface area contributed by atoms with Crippen LogP contribution in [-0.4, -0.2) is 51.9 Å². The molecule has 1 amide bonds. The fraction of sp³-hybridized carbons (Fsp3) is 0.500. The van der Waals surface area contributed by atoms with Gasteiger partial charge in [-0.05, 0) is 32.3 Å². The Hall–Kier alpha value is -2.51. The van der Waals surface area contributed by atoms with E-state index < -0.39 is 0 Å². The molecule has 0 unspecified atom stereocenters. The maximum atomic E-state index is 13.1. The Morgan fingerprint density at radius 2 is 1.76 bits per heavy atom. The van der Waals surface area contributed by atoms with Crippen LogP contribution in [0, 0.1) is 19.8 Å². The fourth-order valence-electron chi connectivity index (χ4n) is 5.25. The lowest BCUT2D eigenvalue weighted by molar-refractivity contribution is -0.138. The summed E-state index contributed by atoms with van der Waals surface area (Å²) in [5.41, 5.74) is 3.18. The van der Waals surface area contributed by atoms with Gasteiger partial charge in [0.15, 0.2) is 0 Å². The molecule has 1 aromatic carbocycles. The van der Waals surface area contributed by atoms with Gasteiger partial charge in [-0.2, -0.15) is 0 Å². The minimum absolute atomic E-state index is 0.0685. The first-order valence-corrected chi connectivity index (χ1v) is 12.9. The average molecular weight is 465 g/mol. The number of aromatic nitrogens is 2.